The molecule has 0 atom stereocenters. The quantitative estimate of drug-likeness (QED) is 0.886. The summed E-state index contributed by atoms with van der Waals surface area (Å²) in [7, 11) is 1.89. The third-order valence-corrected chi connectivity index (χ3v) is 4.08. The second-order valence-electron chi connectivity index (χ2n) is 5.68. The van der Waals surface area contributed by atoms with Gasteiger partial charge >= 0.3 is 0 Å². The third-order valence-electron chi connectivity index (χ3n) is 4.08. The van der Waals surface area contributed by atoms with E-state index in [1.165, 1.54) is 0 Å². The van der Waals surface area contributed by atoms with E-state index < -0.39 is 0 Å². The van der Waals surface area contributed by atoms with Crippen molar-refractivity contribution in [3.8, 4) is 0 Å². The highest BCUT2D eigenvalue weighted by Crippen LogP contribution is 2.23. The Morgan fingerprint density at radius 2 is 2.19 bits per heavy atom. The number of amides is 1. The van der Waals surface area contributed by atoms with Gasteiger partial charge in [0.2, 0.25) is 5.91 Å². The van der Waals surface area contributed by atoms with Crippen LogP contribution in [-0.4, -0.2) is 47.7 Å². The van der Waals surface area contributed by atoms with Crippen LogP contribution in [-0.2, 0) is 4.79 Å². The van der Waals surface area contributed by atoms with E-state index in [9.17, 15) is 9.59 Å². The highest BCUT2D eigenvalue weighted by atomic mass is 16.2. The molecule has 0 aromatic carbocycles. The van der Waals surface area contributed by atoms with Crippen molar-refractivity contribution < 1.29 is 4.79 Å². The Balaban J connectivity index is 1.88. The van der Waals surface area contributed by atoms with Crippen LogP contribution in [0.4, 0.5) is 5.69 Å². The van der Waals surface area contributed by atoms with Gasteiger partial charge in [0, 0.05) is 38.7 Å². The van der Waals surface area contributed by atoms with E-state index in [4.69, 9.17) is 0 Å². The molecule has 1 aliphatic rings. The van der Waals surface area contributed by atoms with Crippen LogP contribution in [0.1, 0.15) is 32.6 Å². The summed E-state index contributed by atoms with van der Waals surface area (Å²) in [6, 6.07) is 1.56. The molecule has 0 bridgehead atoms. The van der Waals surface area contributed by atoms with Crippen LogP contribution in [0.3, 0.4) is 0 Å². The van der Waals surface area contributed by atoms with Gasteiger partial charge in [0.15, 0.2) is 0 Å². The summed E-state index contributed by atoms with van der Waals surface area (Å²) in [5, 5.41) is 6.20. The maximum absolute atomic E-state index is 12.3. The number of unbranched alkanes of at least 4 members (excludes halogenated alkanes) is 1. The molecule has 1 aliphatic heterocycles. The minimum Gasteiger partial charge on any atom is -0.370 e. The average Bonchev–Trinajstić information content (AvgIpc) is 2.52. The van der Waals surface area contributed by atoms with Crippen molar-refractivity contribution in [1.82, 2.24) is 15.1 Å². The van der Waals surface area contributed by atoms with Crippen LogP contribution in [0.25, 0.3) is 0 Å². The Hall–Kier alpha value is -1.85. The fraction of sp³-hybridized carbons (Fsp3) is 0.667. The monoisotopic (exact) mass is 292 g/mol. The number of carbonyl (C=O) groups is 1. The third kappa shape index (κ3) is 4.06. The van der Waals surface area contributed by atoms with Gasteiger partial charge in [-0.3, -0.25) is 9.59 Å². The van der Waals surface area contributed by atoms with Gasteiger partial charge in [0.25, 0.3) is 5.56 Å². The van der Waals surface area contributed by atoms with Gasteiger partial charge in [-0.1, -0.05) is 13.3 Å². The average molecular weight is 292 g/mol. The van der Waals surface area contributed by atoms with Crippen molar-refractivity contribution in [2.45, 2.75) is 32.6 Å². The van der Waals surface area contributed by atoms with Crippen LogP contribution in [0.15, 0.2) is 17.1 Å². The number of H-pyrrole nitrogens is 1. The lowest BCUT2D eigenvalue weighted by Crippen LogP contribution is -2.41. The first-order chi connectivity index (χ1) is 10.1. The van der Waals surface area contributed by atoms with Gasteiger partial charge in [-0.05, 0) is 19.3 Å². The SMILES string of the molecule is CCCCN(C)C(=O)C1CCN(c2cn[nH]c(=O)c2)CC1. The smallest absolute Gasteiger partial charge is 0.266 e. The van der Waals surface area contributed by atoms with Crippen LogP contribution < -0.4 is 10.5 Å². The van der Waals surface area contributed by atoms with Gasteiger partial charge in [0.05, 0.1) is 11.9 Å². The number of nitrogens with one attached hydrogen (secondary N) is 1. The van der Waals surface area contributed by atoms with E-state index in [1.54, 1.807) is 12.3 Å². The number of hydrogen-bond donors (Lipinski definition) is 1. The molecule has 2 heterocycles. The van der Waals surface area contributed by atoms with Crippen LogP contribution in [0.2, 0.25) is 0 Å². The van der Waals surface area contributed by atoms with Gasteiger partial charge in [0.1, 0.15) is 0 Å². The Morgan fingerprint density at radius 1 is 1.48 bits per heavy atom. The lowest BCUT2D eigenvalue weighted by molar-refractivity contribution is -0.134. The lowest BCUT2D eigenvalue weighted by Gasteiger charge is -2.34. The fourth-order valence-electron chi connectivity index (χ4n) is 2.74. The summed E-state index contributed by atoms with van der Waals surface area (Å²) in [6.45, 7) is 4.56. The minimum atomic E-state index is -0.190. The standard InChI is InChI=1S/C15H24N4O2/c1-3-4-7-18(2)15(21)12-5-8-19(9-6-12)13-10-14(20)17-16-11-13/h10-12H,3-9H2,1-2H3,(H,17,20). The molecule has 0 saturated carbocycles. The summed E-state index contributed by atoms with van der Waals surface area (Å²) in [6.07, 6.45) is 5.49. The molecule has 0 spiro atoms. The first-order valence-electron chi connectivity index (χ1n) is 7.66. The predicted octanol–water partition coefficient (Wildman–Crippen LogP) is 1.24. The summed E-state index contributed by atoms with van der Waals surface area (Å²) in [5.74, 6) is 0.366. The number of piperidine rings is 1. The highest BCUT2D eigenvalue weighted by molar-refractivity contribution is 5.78. The van der Waals surface area contributed by atoms with Gasteiger partial charge < -0.3 is 9.80 Å². The molecule has 1 aromatic heterocycles. The van der Waals surface area contributed by atoms with Crippen LogP contribution in [0.5, 0.6) is 0 Å². The summed E-state index contributed by atoms with van der Waals surface area (Å²) in [5.41, 5.74) is 0.647. The van der Waals surface area contributed by atoms with Crippen molar-refractivity contribution in [1.29, 1.82) is 0 Å². The Kier molecular flexibility index (Phi) is 5.36. The number of carbonyl (C=O) groups excluding carboxylic acids is 1. The van der Waals surface area contributed by atoms with Crippen molar-refractivity contribution in [2.24, 2.45) is 5.92 Å². The number of rotatable bonds is 5. The zero-order valence-electron chi connectivity index (χ0n) is 12.8. The zero-order chi connectivity index (χ0) is 15.2. The summed E-state index contributed by atoms with van der Waals surface area (Å²) in [4.78, 5) is 27.6. The molecule has 6 heteroatoms. The molecule has 1 fully saturated rings. The molecular formula is C15H24N4O2. The molecule has 1 amide bonds. The Bertz CT molecular complexity index is 520. The molecule has 1 saturated heterocycles. The molecule has 0 aliphatic carbocycles. The number of aromatic amines is 1. The molecule has 116 valence electrons. The topological polar surface area (TPSA) is 69.3 Å². The van der Waals surface area contributed by atoms with E-state index in [-0.39, 0.29) is 17.4 Å². The van der Waals surface area contributed by atoms with E-state index in [2.05, 4.69) is 22.0 Å². The summed E-state index contributed by atoms with van der Waals surface area (Å²) < 4.78 is 0. The first kappa shape index (κ1) is 15.5. The van der Waals surface area contributed by atoms with Gasteiger partial charge in [-0.2, -0.15) is 5.10 Å². The highest BCUT2D eigenvalue weighted by Gasteiger charge is 2.27. The lowest BCUT2D eigenvalue weighted by atomic mass is 9.95. The molecule has 0 unspecified atom stereocenters. The number of anilines is 1. The normalized spacial score (nSPS) is 16.0. The molecule has 6 nitrogen and oxygen atoms in total. The van der Waals surface area contributed by atoms with Crippen LogP contribution in [0, 0.1) is 5.92 Å². The summed E-state index contributed by atoms with van der Waals surface area (Å²) >= 11 is 0. The fourth-order valence-corrected chi connectivity index (χ4v) is 2.74. The van der Waals surface area contributed by atoms with Gasteiger partial charge in [-0.15, -0.1) is 0 Å². The van der Waals surface area contributed by atoms with Gasteiger partial charge in [-0.25, -0.2) is 5.10 Å². The number of aromatic nitrogens is 2. The molecule has 1 aromatic rings. The first-order valence-corrected chi connectivity index (χ1v) is 7.66. The van der Waals surface area contributed by atoms with E-state index in [0.29, 0.717) is 0 Å². The largest absolute Gasteiger partial charge is 0.370 e. The molecule has 1 N–H and O–H groups in total. The van der Waals surface area contributed by atoms with Crippen LogP contribution >= 0.6 is 0 Å². The predicted molar refractivity (Wildman–Crippen MR) is 82.3 cm³/mol. The zero-order valence-corrected chi connectivity index (χ0v) is 12.8. The molecule has 0 radical (unpaired) electrons. The molecule has 2 rings (SSSR count). The van der Waals surface area contributed by atoms with E-state index in [0.717, 1.165) is 51.0 Å². The van der Waals surface area contributed by atoms with E-state index >= 15 is 0 Å². The van der Waals surface area contributed by atoms with Crippen molar-refractivity contribution in [3.05, 3.63) is 22.6 Å². The minimum absolute atomic E-state index is 0.109. The van der Waals surface area contributed by atoms with E-state index in [1.807, 2.05) is 11.9 Å². The molecular weight excluding hydrogens is 268 g/mol. The van der Waals surface area contributed by atoms with Crippen molar-refractivity contribution >= 4 is 11.6 Å². The maximum Gasteiger partial charge on any atom is 0.266 e. The second-order valence-corrected chi connectivity index (χ2v) is 5.68. The van der Waals surface area contributed by atoms with Crippen molar-refractivity contribution in [3.63, 3.8) is 0 Å². The maximum atomic E-state index is 12.3. The second kappa shape index (κ2) is 7.24. The Labute approximate surface area is 125 Å². The molecule has 21 heavy (non-hydrogen) atoms. The Morgan fingerprint density at radius 3 is 2.81 bits per heavy atom. The number of hydrogen-bond acceptors (Lipinski definition) is 4. The van der Waals surface area contributed by atoms with Crippen molar-refractivity contribution in [2.75, 3.05) is 31.6 Å². The number of nitrogens with zero attached hydrogens (tertiary/aromatic N) is 3.